The second-order valence-electron chi connectivity index (χ2n) is 6.77. The molecule has 0 saturated carbocycles. The molecule has 1 aromatic heterocycles. The zero-order chi connectivity index (χ0) is 19.1. The maximum atomic E-state index is 12.5. The van der Waals surface area contributed by atoms with E-state index in [0.29, 0.717) is 25.3 Å². The van der Waals surface area contributed by atoms with Crippen LogP contribution in [-0.2, 0) is 11.2 Å². The minimum Gasteiger partial charge on any atom is -0.381 e. The fourth-order valence-corrected chi connectivity index (χ4v) is 3.03. The van der Waals surface area contributed by atoms with Crippen molar-refractivity contribution in [3.63, 3.8) is 0 Å². The summed E-state index contributed by atoms with van der Waals surface area (Å²) >= 11 is 0. The summed E-state index contributed by atoms with van der Waals surface area (Å²) in [7, 11) is 0. The topological polar surface area (TPSA) is 51.2 Å². The first-order valence-electron chi connectivity index (χ1n) is 9.41. The van der Waals surface area contributed by atoms with Crippen LogP contribution in [0.5, 0.6) is 0 Å². The number of amides is 1. The van der Waals surface area contributed by atoms with Crippen LogP contribution in [0.2, 0.25) is 0 Å². The molecule has 0 fully saturated rings. The number of carbonyl (C=O) groups excluding carboxylic acids is 1. The van der Waals surface area contributed by atoms with E-state index in [1.807, 2.05) is 50.2 Å². The quantitative estimate of drug-likeness (QED) is 0.610. The van der Waals surface area contributed by atoms with Crippen LogP contribution in [-0.4, -0.2) is 30.6 Å². The number of hydrogen-bond donors (Lipinski definition) is 1. The Bertz CT molecular complexity index is 907. The van der Waals surface area contributed by atoms with E-state index in [0.717, 1.165) is 35.0 Å². The number of fused-ring (bicyclic) bond motifs is 1. The summed E-state index contributed by atoms with van der Waals surface area (Å²) < 4.78 is 5.66. The molecule has 4 nitrogen and oxygen atoms in total. The van der Waals surface area contributed by atoms with Gasteiger partial charge in [-0.2, -0.15) is 0 Å². The van der Waals surface area contributed by atoms with Crippen LogP contribution in [0.4, 0.5) is 0 Å². The van der Waals surface area contributed by atoms with Crippen LogP contribution in [0.3, 0.4) is 0 Å². The van der Waals surface area contributed by atoms with Gasteiger partial charge in [0, 0.05) is 18.5 Å². The predicted octanol–water partition coefficient (Wildman–Crippen LogP) is 4.23. The zero-order valence-corrected chi connectivity index (χ0v) is 16.0. The van der Waals surface area contributed by atoms with Gasteiger partial charge in [0.15, 0.2) is 0 Å². The minimum absolute atomic E-state index is 0.0762. The molecule has 4 heteroatoms. The second-order valence-corrected chi connectivity index (χ2v) is 6.77. The predicted molar refractivity (Wildman–Crippen MR) is 109 cm³/mol. The number of pyridine rings is 1. The van der Waals surface area contributed by atoms with E-state index in [1.54, 1.807) is 0 Å². The largest absolute Gasteiger partial charge is 0.381 e. The van der Waals surface area contributed by atoms with Crippen molar-refractivity contribution in [2.24, 2.45) is 0 Å². The number of hydrogen-bond acceptors (Lipinski definition) is 3. The summed E-state index contributed by atoms with van der Waals surface area (Å²) in [5.74, 6) is -0.0762. The molecular weight excluding hydrogens is 336 g/mol. The molecule has 0 bridgehead atoms. The first-order valence-corrected chi connectivity index (χ1v) is 9.41. The van der Waals surface area contributed by atoms with Crippen molar-refractivity contribution in [2.75, 3.05) is 19.8 Å². The van der Waals surface area contributed by atoms with E-state index in [4.69, 9.17) is 4.74 Å². The molecule has 0 radical (unpaired) electrons. The summed E-state index contributed by atoms with van der Waals surface area (Å²) in [4.78, 5) is 17.0. The van der Waals surface area contributed by atoms with Gasteiger partial charge >= 0.3 is 0 Å². The SMILES string of the molecule is Cc1ccc2nc(C)c(C(=O)NCCCOCCc3ccccc3)cc2c1. The fraction of sp³-hybridized carbons (Fsp3) is 0.304. The standard InChI is InChI=1S/C23H26N2O2/c1-17-9-10-22-20(15-17)16-21(18(2)25-22)23(26)24-12-6-13-27-14-11-19-7-4-3-5-8-19/h3-5,7-10,15-16H,6,11-14H2,1-2H3,(H,24,26). The molecule has 1 amide bonds. The Hall–Kier alpha value is -2.72. The lowest BCUT2D eigenvalue weighted by Crippen LogP contribution is -2.26. The highest BCUT2D eigenvalue weighted by molar-refractivity contribution is 5.98. The van der Waals surface area contributed by atoms with Gasteiger partial charge in [0.25, 0.3) is 5.91 Å². The van der Waals surface area contributed by atoms with Crippen LogP contribution in [0.1, 0.15) is 33.6 Å². The van der Waals surface area contributed by atoms with E-state index in [1.165, 1.54) is 5.56 Å². The monoisotopic (exact) mass is 362 g/mol. The number of carbonyl (C=O) groups is 1. The van der Waals surface area contributed by atoms with E-state index >= 15 is 0 Å². The Morgan fingerprint density at radius 2 is 1.85 bits per heavy atom. The van der Waals surface area contributed by atoms with Crippen molar-refractivity contribution in [3.8, 4) is 0 Å². The third-order valence-corrected chi connectivity index (χ3v) is 4.53. The van der Waals surface area contributed by atoms with Crippen molar-refractivity contribution >= 4 is 16.8 Å². The average molecular weight is 362 g/mol. The molecule has 0 atom stereocenters. The summed E-state index contributed by atoms with van der Waals surface area (Å²) in [5.41, 5.74) is 4.75. The highest BCUT2D eigenvalue weighted by Gasteiger charge is 2.11. The van der Waals surface area contributed by atoms with Gasteiger partial charge in [0.1, 0.15) is 0 Å². The summed E-state index contributed by atoms with van der Waals surface area (Å²) in [5, 5.41) is 3.96. The molecular formula is C23H26N2O2. The summed E-state index contributed by atoms with van der Waals surface area (Å²) in [6, 6.07) is 18.3. The average Bonchev–Trinajstić information content (AvgIpc) is 2.67. The van der Waals surface area contributed by atoms with E-state index in [-0.39, 0.29) is 5.91 Å². The normalized spacial score (nSPS) is 10.9. The van der Waals surface area contributed by atoms with Gasteiger partial charge in [-0.05, 0) is 50.5 Å². The molecule has 3 rings (SSSR count). The van der Waals surface area contributed by atoms with Gasteiger partial charge in [-0.15, -0.1) is 0 Å². The molecule has 0 spiro atoms. The van der Waals surface area contributed by atoms with Crippen LogP contribution in [0.25, 0.3) is 10.9 Å². The first kappa shape index (κ1) is 19.1. The molecule has 140 valence electrons. The molecule has 0 aliphatic rings. The van der Waals surface area contributed by atoms with Crippen molar-refractivity contribution in [2.45, 2.75) is 26.7 Å². The Kier molecular flexibility index (Phi) is 6.55. The molecule has 1 heterocycles. The molecule has 3 aromatic rings. The lowest BCUT2D eigenvalue weighted by Gasteiger charge is -2.09. The highest BCUT2D eigenvalue weighted by atomic mass is 16.5. The highest BCUT2D eigenvalue weighted by Crippen LogP contribution is 2.18. The Balaban J connectivity index is 1.43. The molecule has 0 aliphatic carbocycles. The molecule has 1 N–H and O–H groups in total. The van der Waals surface area contributed by atoms with Crippen LogP contribution in [0, 0.1) is 13.8 Å². The van der Waals surface area contributed by atoms with Crippen LogP contribution in [0.15, 0.2) is 54.6 Å². The van der Waals surface area contributed by atoms with E-state index in [2.05, 4.69) is 28.5 Å². The summed E-state index contributed by atoms with van der Waals surface area (Å²) in [6.45, 7) is 5.85. The van der Waals surface area contributed by atoms with Crippen molar-refractivity contribution < 1.29 is 9.53 Å². The number of nitrogens with zero attached hydrogens (tertiary/aromatic N) is 1. The zero-order valence-electron chi connectivity index (χ0n) is 16.0. The number of aryl methyl sites for hydroxylation is 2. The number of benzene rings is 2. The molecule has 27 heavy (non-hydrogen) atoms. The number of aromatic nitrogens is 1. The third-order valence-electron chi connectivity index (χ3n) is 4.53. The van der Waals surface area contributed by atoms with Gasteiger partial charge in [-0.3, -0.25) is 9.78 Å². The Morgan fingerprint density at radius 1 is 1.04 bits per heavy atom. The van der Waals surface area contributed by atoms with Crippen molar-refractivity contribution in [1.29, 1.82) is 0 Å². The molecule has 0 aliphatic heterocycles. The van der Waals surface area contributed by atoms with Crippen molar-refractivity contribution in [1.82, 2.24) is 10.3 Å². The van der Waals surface area contributed by atoms with E-state index in [9.17, 15) is 4.79 Å². The van der Waals surface area contributed by atoms with Gasteiger partial charge in [0.2, 0.25) is 0 Å². The second kappa shape index (κ2) is 9.28. The maximum absolute atomic E-state index is 12.5. The molecule has 0 saturated heterocycles. The number of rotatable bonds is 8. The van der Waals surface area contributed by atoms with Gasteiger partial charge in [-0.1, -0.05) is 42.0 Å². The Labute approximate surface area is 160 Å². The molecule has 0 unspecified atom stereocenters. The first-order chi connectivity index (χ1) is 13.1. The Morgan fingerprint density at radius 3 is 2.67 bits per heavy atom. The number of ether oxygens (including phenoxy) is 1. The smallest absolute Gasteiger partial charge is 0.253 e. The maximum Gasteiger partial charge on any atom is 0.253 e. The van der Waals surface area contributed by atoms with Crippen molar-refractivity contribution in [3.05, 3.63) is 77.0 Å². The minimum atomic E-state index is -0.0762. The summed E-state index contributed by atoms with van der Waals surface area (Å²) in [6.07, 6.45) is 1.70. The van der Waals surface area contributed by atoms with Gasteiger partial charge in [0.05, 0.1) is 23.4 Å². The van der Waals surface area contributed by atoms with Gasteiger partial charge in [-0.25, -0.2) is 0 Å². The van der Waals surface area contributed by atoms with E-state index < -0.39 is 0 Å². The lowest BCUT2D eigenvalue weighted by atomic mass is 10.1. The van der Waals surface area contributed by atoms with Crippen LogP contribution >= 0.6 is 0 Å². The third kappa shape index (κ3) is 5.38. The molecule has 2 aromatic carbocycles. The number of nitrogens with one attached hydrogen (secondary N) is 1. The van der Waals surface area contributed by atoms with Gasteiger partial charge < -0.3 is 10.1 Å². The van der Waals surface area contributed by atoms with Crippen LogP contribution < -0.4 is 5.32 Å². The fourth-order valence-electron chi connectivity index (χ4n) is 3.03. The lowest BCUT2D eigenvalue weighted by molar-refractivity contribution is 0.0941.